The number of carbonyl (C=O) groups excluding carboxylic acids is 4. The highest BCUT2D eigenvalue weighted by atomic mass is 31.2. The molecule has 0 aromatic carbocycles. The summed E-state index contributed by atoms with van der Waals surface area (Å²) in [5, 5.41) is 10.5. The average Bonchev–Trinajstić information content (AvgIpc) is 3.44. The number of rotatable bonds is 63. The Labute approximate surface area is 492 Å². The van der Waals surface area contributed by atoms with Crippen LogP contribution in [0.1, 0.15) is 317 Å². The van der Waals surface area contributed by atoms with Crippen LogP contribution < -0.4 is 0 Å². The van der Waals surface area contributed by atoms with Crippen molar-refractivity contribution in [3.63, 3.8) is 0 Å². The van der Waals surface area contributed by atoms with Gasteiger partial charge in [0.05, 0.1) is 26.4 Å². The van der Waals surface area contributed by atoms with Gasteiger partial charge in [-0.25, -0.2) is 9.13 Å². The van der Waals surface area contributed by atoms with E-state index < -0.39 is 97.5 Å². The van der Waals surface area contributed by atoms with Crippen LogP contribution in [0, 0.1) is 0 Å². The molecule has 0 saturated heterocycles. The summed E-state index contributed by atoms with van der Waals surface area (Å²) in [7, 11) is -9.87. The summed E-state index contributed by atoms with van der Waals surface area (Å²) < 4.78 is 67.8. The van der Waals surface area contributed by atoms with Crippen molar-refractivity contribution in [2.45, 2.75) is 335 Å². The van der Waals surface area contributed by atoms with Gasteiger partial charge in [0.25, 0.3) is 0 Å². The zero-order valence-corrected chi connectivity index (χ0v) is 53.5. The SMILES string of the molecule is CCCCCCCCCCCCCCCC(=O)O[C@H](COC(=O)CCCCCCCCCCCCCC)COP(=O)(O)OC[C@@H](O)COP(=O)(O)OC[C@@H](COC(=O)CCCCCCCCC)OC(=O)CCCCCCCCCCC. The molecule has 5 atom stereocenters. The number of aliphatic hydroxyl groups excluding tert-OH is 1. The number of unbranched alkanes of at least 4 members (excludes halogenated alkanes) is 37. The molecule has 81 heavy (non-hydrogen) atoms. The van der Waals surface area contributed by atoms with Gasteiger partial charge in [0.1, 0.15) is 19.3 Å². The van der Waals surface area contributed by atoms with Gasteiger partial charge in [-0.3, -0.25) is 37.3 Å². The van der Waals surface area contributed by atoms with E-state index in [0.717, 1.165) is 103 Å². The summed E-state index contributed by atoms with van der Waals surface area (Å²) in [5.41, 5.74) is 0. The van der Waals surface area contributed by atoms with Crippen LogP contribution in [0.3, 0.4) is 0 Å². The molecule has 0 aliphatic carbocycles. The van der Waals surface area contributed by atoms with Crippen LogP contribution in [-0.2, 0) is 65.4 Å². The Morgan fingerprint density at radius 1 is 0.296 bits per heavy atom. The Hall–Kier alpha value is -1.94. The number of esters is 4. The lowest BCUT2D eigenvalue weighted by molar-refractivity contribution is -0.161. The largest absolute Gasteiger partial charge is 0.472 e. The summed E-state index contributed by atoms with van der Waals surface area (Å²) in [6, 6.07) is 0. The minimum atomic E-state index is -4.94. The van der Waals surface area contributed by atoms with Gasteiger partial charge in [0, 0.05) is 25.7 Å². The summed E-state index contributed by atoms with van der Waals surface area (Å²) in [6.07, 6.45) is 41.7. The van der Waals surface area contributed by atoms with E-state index in [2.05, 4.69) is 27.7 Å². The fourth-order valence-electron chi connectivity index (χ4n) is 9.28. The first-order valence-corrected chi connectivity index (χ1v) is 35.8. The first-order valence-electron chi connectivity index (χ1n) is 32.8. The molecule has 0 bridgehead atoms. The van der Waals surface area contributed by atoms with Crippen molar-refractivity contribution in [1.82, 2.24) is 0 Å². The van der Waals surface area contributed by atoms with Gasteiger partial charge in [-0.2, -0.15) is 0 Å². The lowest BCUT2D eigenvalue weighted by Gasteiger charge is -2.21. The van der Waals surface area contributed by atoms with Gasteiger partial charge in [0.2, 0.25) is 0 Å². The predicted octanol–water partition coefficient (Wildman–Crippen LogP) is 17.2. The molecule has 0 aromatic rings. The van der Waals surface area contributed by atoms with Crippen molar-refractivity contribution in [2.24, 2.45) is 0 Å². The number of phosphoric ester groups is 2. The molecule has 2 unspecified atom stereocenters. The third-order valence-corrected chi connectivity index (χ3v) is 16.3. The Morgan fingerprint density at radius 3 is 0.728 bits per heavy atom. The van der Waals surface area contributed by atoms with E-state index in [9.17, 15) is 43.2 Å². The smallest absolute Gasteiger partial charge is 0.462 e. The molecule has 17 nitrogen and oxygen atoms in total. The van der Waals surface area contributed by atoms with E-state index in [1.165, 1.54) is 135 Å². The fraction of sp³-hybridized carbons (Fsp3) is 0.935. The highest BCUT2D eigenvalue weighted by molar-refractivity contribution is 7.47. The Morgan fingerprint density at radius 2 is 0.494 bits per heavy atom. The third-order valence-electron chi connectivity index (χ3n) is 14.4. The van der Waals surface area contributed by atoms with E-state index >= 15 is 0 Å². The number of ether oxygens (including phenoxy) is 4. The van der Waals surface area contributed by atoms with Gasteiger partial charge in [0.15, 0.2) is 12.2 Å². The van der Waals surface area contributed by atoms with Crippen molar-refractivity contribution >= 4 is 39.5 Å². The Kier molecular flexibility index (Phi) is 55.8. The molecule has 0 aromatic heterocycles. The number of hydrogen-bond donors (Lipinski definition) is 3. The molecule has 0 saturated carbocycles. The van der Waals surface area contributed by atoms with E-state index in [1.54, 1.807) is 0 Å². The van der Waals surface area contributed by atoms with Gasteiger partial charge < -0.3 is 33.8 Å². The highest BCUT2D eigenvalue weighted by Crippen LogP contribution is 2.45. The number of aliphatic hydroxyl groups is 1. The zero-order chi connectivity index (χ0) is 59.8. The maximum atomic E-state index is 13.0. The van der Waals surface area contributed by atoms with Crippen LogP contribution in [0.15, 0.2) is 0 Å². The van der Waals surface area contributed by atoms with Crippen molar-refractivity contribution in [1.29, 1.82) is 0 Å². The first kappa shape index (κ1) is 79.1. The number of carbonyl (C=O) groups is 4. The molecule has 0 amide bonds. The third kappa shape index (κ3) is 56.9. The molecule has 0 rings (SSSR count). The first-order chi connectivity index (χ1) is 39.2. The van der Waals surface area contributed by atoms with Gasteiger partial charge >= 0.3 is 39.5 Å². The lowest BCUT2D eigenvalue weighted by atomic mass is 10.0. The Balaban J connectivity index is 5.20. The van der Waals surface area contributed by atoms with E-state index in [4.69, 9.17) is 37.0 Å². The molecule has 0 aliphatic rings. The van der Waals surface area contributed by atoms with E-state index in [-0.39, 0.29) is 25.7 Å². The predicted molar refractivity (Wildman–Crippen MR) is 322 cm³/mol. The molecular weight excluding hydrogens is 1080 g/mol. The van der Waals surface area contributed by atoms with Crippen LogP contribution in [0.25, 0.3) is 0 Å². The zero-order valence-electron chi connectivity index (χ0n) is 51.7. The average molecular weight is 1200 g/mol. The second-order valence-electron chi connectivity index (χ2n) is 22.4. The summed E-state index contributed by atoms with van der Waals surface area (Å²) >= 11 is 0. The van der Waals surface area contributed by atoms with Crippen LogP contribution in [-0.4, -0.2) is 96.7 Å². The van der Waals surface area contributed by atoms with Gasteiger partial charge in [-0.1, -0.05) is 265 Å². The molecule has 19 heteroatoms. The second kappa shape index (κ2) is 57.2. The quantitative estimate of drug-likeness (QED) is 0.0222. The molecule has 0 heterocycles. The summed E-state index contributed by atoms with van der Waals surface area (Å²) in [4.78, 5) is 72.0. The van der Waals surface area contributed by atoms with Crippen molar-refractivity contribution in [3.8, 4) is 0 Å². The summed E-state index contributed by atoms with van der Waals surface area (Å²) in [6.45, 7) is 4.83. The van der Waals surface area contributed by atoms with Crippen LogP contribution in [0.5, 0.6) is 0 Å². The normalized spacial score (nSPS) is 14.2. The van der Waals surface area contributed by atoms with Crippen molar-refractivity contribution in [2.75, 3.05) is 39.6 Å². The monoisotopic (exact) mass is 1200 g/mol. The maximum absolute atomic E-state index is 13.0. The fourth-order valence-corrected chi connectivity index (χ4v) is 10.9. The molecule has 0 radical (unpaired) electrons. The number of phosphoric acid groups is 2. The summed E-state index contributed by atoms with van der Waals surface area (Å²) in [5.74, 6) is -2.14. The molecule has 0 fully saturated rings. The maximum Gasteiger partial charge on any atom is 0.472 e. The molecular formula is C62H120O17P2. The van der Waals surface area contributed by atoms with Gasteiger partial charge in [-0.15, -0.1) is 0 Å². The molecule has 0 aliphatic heterocycles. The minimum Gasteiger partial charge on any atom is -0.462 e. The van der Waals surface area contributed by atoms with Gasteiger partial charge in [-0.05, 0) is 25.7 Å². The molecule has 3 N–H and O–H groups in total. The molecule has 0 spiro atoms. The van der Waals surface area contributed by atoms with Crippen LogP contribution >= 0.6 is 15.6 Å². The van der Waals surface area contributed by atoms with E-state index in [1.807, 2.05) is 0 Å². The standard InChI is InChI=1S/C62H120O17P2/c1-5-9-13-17-21-24-26-28-30-33-37-41-45-49-62(67)79-58(53-73-60(65)47-43-39-35-32-29-27-25-22-18-14-10-6-2)55-77-81(70,71)75-51-56(63)50-74-80(68,69)76-54-57(52-72-59(64)46-42-38-34-20-16-12-8-4)78-61(66)48-44-40-36-31-23-19-15-11-7-3/h56-58,63H,5-55H2,1-4H3,(H,68,69)(H,70,71)/t56-,57+,58+/m0/s1. The highest BCUT2D eigenvalue weighted by Gasteiger charge is 2.30. The Bertz CT molecular complexity index is 1570. The van der Waals surface area contributed by atoms with Crippen LogP contribution in [0.4, 0.5) is 0 Å². The minimum absolute atomic E-state index is 0.106. The lowest BCUT2D eigenvalue weighted by Crippen LogP contribution is -2.30. The van der Waals surface area contributed by atoms with Crippen molar-refractivity contribution in [3.05, 3.63) is 0 Å². The topological polar surface area (TPSA) is 237 Å². The molecule has 480 valence electrons. The number of hydrogen-bond acceptors (Lipinski definition) is 15. The van der Waals surface area contributed by atoms with E-state index in [0.29, 0.717) is 25.7 Å². The van der Waals surface area contributed by atoms with Crippen LogP contribution in [0.2, 0.25) is 0 Å². The second-order valence-corrected chi connectivity index (χ2v) is 25.4. The van der Waals surface area contributed by atoms with Crippen molar-refractivity contribution < 1.29 is 80.2 Å².